The summed E-state index contributed by atoms with van der Waals surface area (Å²) in [6, 6.07) is 0. The first-order chi connectivity index (χ1) is 7.31. The third kappa shape index (κ3) is 3.47. The molecule has 84 valence electrons. The highest BCUT2D eigenvalue weighted by atomic mass is 15.2. The minimum absolute atomic E-state index is 0.790. The van der Waals surface area contributed by atoms with Crippen molar-refractivity contribution < 1.29 is 0 Å². The van der Waals surface area contributed by atoms with Crippen LogP contribution < -0.4 is 10.2 Å². The molecule has 1 heterocycles. The Labute approximate surface area is 91.7 Å². The lowest BCUT2D eigenvalue weighted by Gasteiger charge is -2.19. The summed E-state index contributed by atoms with van der Waals surface area (Å²) < 4.78 is 0. The zero-order valence-corrected chi connectivity index (χ0v) is 9.82. The molecule has 0 atom stereocenters. The van der Waals surface area contributed by atoms with E-state index in [0.29, 0.717) is 0 Å². The second-order valence-electron chi connectivity index (χ2n) is 3.32. The van der Waals surface area contributed by atoms with Crippen molar-refractivity contribution in [3.63, 3.8) is 0 Å². The van der Waals surface area contributed by atoms with Crippen LogP contribution in [0.5, 0.6) is 0 Å². The lowest BCUT2D eigenvalue weighted by atomic mass is 10.4. The van der Waals surface area contributed by atoms with Crippen molar-refractivity contribution in [1.29, 1.82) is 0 Å². The van der Waals surface area contributed by atoms with Gasteiger partial charge in [0, 0.05) is 25.8 Å². The number of nitrogens with zero attached hydrogens (tertiary/aromatic N) is 3. The molecule has 0 saturated heterocycles. The van der Waals surface area contributed by atoms with Gasteiger partial charge in [0.05, 0.1) is 11.9 Å². The van der Waals surface area contributed by atoms with E-state index < -0.39 is 0 Å². The summed E-state index contributed by atoms with van der Waals surface area (Å²) in [5, 5.41) is 3.25. The maximum atomic E-state index is 4.55. The van der Waals surface area contributed by atoms with Gasteiger partial charge in [-0.15, -0.1) is 0 Å². The molecule has 0 aromatic carbocycles. The molecule has 4 nitrogen and oxygen atoms in total. The summed E-state index contributed by atoms with van der Waals surface area (Å²) in [7, 11) is 0. The average molecular weight is 208 g/mol. The van der Waals surface area contributed by atoms with E-state index in [4.69, 9.17) is 0 Å². The average Bonchev–Trinajstić information content (AvgIpc) is 2.29. The fourth-order valence-corrected chi connectivity index (χ4v) is 1.43. The van der Waals surface area contributed by atoms with Crippen molar-refractivity contribution in [3.8, 4) is 0 Å². The van der Waals surface area contributed by atoms with Gasteiger partial charge in [-0.1, -0.05) is 6.92 Å². The van der Waals surface area contributed by atoms with Gasteiger partial charge < -0.3 is 10.2 Å². The maximum absolute atomic E-state index is 4.55. The maximum Gasteiger partial charge on any atom is 0.147 e. The summed E-state index contributed by atoms with van der Waals surface area (Å²) in [5.74, 6) is 0.968. The number of anilines is 1. The Kier molecular flexibility index (Phi) is 5.04. The summed E-state index contributed by atoms with van der Waals surface area (Å²) in [6.45, 7) is 10.0. The predicted octanol–water partition coefficient (Wildman–Crippen LogP) is 1.43. The largest absolute Gasteiger partial charge is 0.356 e. The number of aromatic nitrogens is 2. The molecule has 1 rings (SSSR count). The van der Waals surface area contributed by atoms with Crippen LogP contribution in [0.4, 0.5) is 5.82 Å². The van der Waals surface area contributed by atoms with Crippen LogP contribution in [0.1, 0.15) is 26.5 Å². The van der Waals surface area contributed by atoms with Gasteiger partial charge in [-0.25, -0.2) is 4.98 Å². The Morgan fingerprint density at radius 2 is 1.93 bits per heavy atom. The minimum Gasteiger partial charge on any atom is -0.356 e. The summed E-state index contributed by atoms with van der Waals surface area (Å²) in [6.07, 6.45) is 3.64. The molecule has 1 aromatic heterocycles. The van der Waals surface area contributed by atoms with Crippen molar-refractivity contribution >= 4 is 5.82 Å². The first-order valence-corrected chi connectivity index (χ1v) is 5.58. The third-order valence-corrected chi connectivity index (χ3v) is 2.32. The number of hydrogen-bond acceptors (Lipinski definition) is 4. The fraction of sp³-hybridized carbons (Fsp3) is 0.636. The Morgan fingerprint density at radius 1 is 1.20 bits per heavy atom. The standard InChI is InChI=1S/C11H20N4/c1-4-12-7-10-8-13-9-11(14-10)15(5-2)6-3/h8-9,12H,4-7H2,1-3H3. The molecule has 0 aliphatic rings. The molecule has 1 N–H and O–H groups in total. The van der Waals surface area contributed by atoms with E-state index >= 15 is 0 Å². The summed E-state index contributed by atoms with van der Waals surface area (Å²) in [5.41, 5.74) is 1.00. The Hall–Kier alpha value is -1.16. The first-order valence-electron chi connectivity index (χ1n) is 5.58. The van der Waals surface area contributed by atoms with E-state index in [9.17, 15) is 0 Å². The monoisotopic (exact) mass is 208 g/mol. The first kappa shape index (κ1) is 11.9. The molecule has 0 fully saturated rings. The lowest BCUT2D eigenvalue weighted by molar-refractivity contribution is 0.703. The lowest BCUT2D eigenvalue weighted by Crippen LogP contribution is -2.24. The quantitative estimate of drug-likeness (QED) is 0.768. The SMILES string of the molecule is CCNCc1cncc(N(CC)CC)n1. The highest BCUT2D eigenvalue weighted by Crippen LogP contribution is 2.08. The van der Waals surface area contributed by atoms with Gasteiger partial charge in [0.2, 0.25) is 0 Å². The van der Waals surface area contributed by atoms with Crippen LogP contribution in [0.15, 0.2) is 12.4 Å². The van der Waals surface area contributed by atoms with E-state index in [1.165, 1.54) is 0 Å². The summed E-state index contributed by atoms with van der Waals surface area (Å²) in [4.78, 5) is 11.0. The van der Waals surface area contributed by atoms with E-state index in [-0.39, 0.29) is 0 Å². The van der Waals surface area contributed by atoms with Crippen molar-refractivity contribution in [3.05, 3.63) is 18.1 Å². The van der Waals surface area contributed by atoms with Crippen molar-refractivity contribution in [2.24, 2.45) is 0 Å². The van der Waals surface area contributed by atoms with Crippen LogP contribution in [0, 0.1) is 0 Å². The topological polar surface area (TPSA) is 41.1 Å². The molecule has 0 unspecified atom stereocenters. The molecule has 0 aliphatic heterocycles. The van der Waals surface area contributed by atoms with Gasteiger partial charge in [0.1, 0.15) is 5.82 Å². The molecule has 1 aromatic rings. The van der Waals surface area contributed by atoms with Crippen LogP contribution in [-0.2, 0) is 6.54 Å². The van der Waals surface area contributed by atoms with Gasteiger partial charge in [0.25, 0.3) is 0 Å². The van der Waals surface area contributed by atoms with Gasteiger partial charge >= 0.3 is 0 Å². The highest BCUT2D eigenvalue weighted by molar-refractivity contribution is 5.35. The van der Waals surface area contributed by atoms with Gasteiger partial charge in [-0.3, -0.25) is 4.98 Å². The van der Waals surface area contributed by atoms with Crippen LogP contribution >= 0.6 is 0 Å². The van der Waals surface area contributed by atoms with E-state index in [1.807, 2.05) is 12.4 Å². The van der Waals surface area contributed by atoms with Gasteiger partial charge in [-0.2, -0.15) is 0 Å². The van der Waals surface area contributed by atoms with E-state index in [2.05, 4.69) is 41.0 Å². The number of nitrogens with one attached hydrogen (secondary N) is 1. The zero-order valence-electron chi connectivity index (χ0n) is 9.82. The van der Waals surface area contributed by atoms with E-state index in [0.717, 1.165) is 37.7 Å². The van der Waals surface area contributed by atoms with Crippen molar-refractivity contribution in [2.45, 2.75) is 27.3 Å². The van der Waals surface area contributed by atoms with E-state index in [1.54, 1.807) is 0 Å². The van der Waals surface area contributed by atoms with Crippen molar-refractivity contribution in [2.75, 3.05) is 24.5 Å². The molecule has 0 saturated carbocycles. The number of hydrogen-bond donors (Lipinski definition) is 1. The molecule has 0 amide bonds. The Balaban J connectivity index is 2.72. The molecule has 0 spiro atoms. The van der Waals surface area contributed by atoms with Crippen LogP contribution in [-0.4, -0.2) is 29.6 Å². The summed E-state index contributed by atoms with van der Waals surface area (Å²) >= 11 is 0. The molecule has 0 bridgehead atoms. The molecule has 15 heavy (non-hydrogen) atoms. The second kappa shape index (κ2) is 6.35. The smallest absolute Gasteiger partial charge is 0.147 e. The third-order valence-electron chi connectivity index (χ3n) is 2.32. The minimum atomic E-state index is 0.790. The molecule has 0 aliphatic carbocycles. The van der Waals surface area contributed by atoms with Crippen LogP contribution in [0.3, 0.4) is 0 Å². The molecular weight excluding hydrogens is 188 g/mol. The zero-order chi connectivity index (χ0) is 11.1. The van der Waals surface area contributed by atoms with Crippen molar-refractivity contribution in [1.82, 2.24) is 15.3 Å². The normalized spacial score (nSPS) is 10.3. The number of rotatable bonds is 6. The van der Waals surface area contributed by atoms with Crippen LogP contribution in [0.25, 0.3) is 0 Å². The molecule has 4 heteroatoms. The Morgan fingerprint density at radius 3 is 2.53 bits per heavy atom. The Bertz CT molecular complexity index is 284. The van der Waals surface area contributed by atoms with Gasteiger partial charge in [-0.05, 0) is 20.4 Å². The highest BCUT2D eigenvalue weighted by Gasteiger charge is 2.04. The van der Waals surface area contributed by atoms with Gasteiger partial charge in [0.15, 0.2) is 0 Å². The second-order valence-corrected chi connectivity index (χ2v) is 3.32. The molecule has 0 radical (unpaired) electrons. The van der Waals surface area contributed by atoms with Crippen LogP contribution in [0.2, 0.25) is 0 Å². The predicted molar refractivity (Wildman–Crippen MR) is 63.0 cm³/mol. The molecular formula is C11H20N4. The fourth-order valence-electron chi connectivity index (χ4n) is 1.43.